The second-order valence-corrected chi connectivity index (χ2v) is 20.9. The summed E-state index contributed by atoms with van der Waals surface area (Å²) >= 11 is 43.4. The quantitative estimate of drug-likeness (QED) is 0.320. The first kappa shape index (κ1) is 28.2. The van der Waals surface area contributed by atoms with Gasteiger partial charge in [-0.15, -0.1) is 0 Å². The van der Waals surface area contributed by atoms with Crippen LogP contribution >= 0.6 is 104 Å². The molecule has 162 valence electrons. The molecule has 0 aliphatic heterocycles. The van der Waals surface area contributed by atoms with Crippen LogP contribution in [0.25, 0.3) is 0 Å². The Morgan fingerprint density at radius 2 is 0.931 bits per heavy atom. The van der Waals surface area contributed by atoms with E-state index in [2.05, 4.69) is 0 Å². The Kier molecular flexibility index (Phi) is 10.1. The fourth-order valence-corrected chi connectivity index (χ4v) is 12.9. The molecule has 6 nitrogen and oxygen atoms in total. The van der Waals surface area contributed by atoms with Crippen LogP contribution in [0.1, 0.15) is 5.56 Å². The van der Waals surface area contributed by atoms with Gasteiger partial charge in [0, 0.05) is 0 Å². The van der Waals surface area contributed by atoms with Gasteiger partial charge in [0.1, 0.15) is 0 Å². The third kappa shape index (κ3) is 8.55. The summed E-state index contributed by atoms with van der Waals surface area (Å²) in [4.78, 5) is 36.7. The maximum absolute atomic E-state index is 12.2. The molecule has 29 heavy (non-hydrogen) atoms. The van der Waals surface area contributed by atoms with E-state index in [9.17, 15) is 14.4 Å². The van der Waals surface area contributed by atoms with Gasteiger partial charge in [0.15, 0.2) is 0 Å². The first-order valence-corrected chi connectivity index (χ1v) is 17.0. The van der Waals surface area contributed by atoms with Crippen molar-refractivity contribution in [3.8, 4) is 0 Å². The van der Waals surface area contributed by atoms with Gasteiger partial charge in [0.25, 0.3) is 0 Å². The Labute approximate surface area is 216 Å². The Morgan fingerprint density at radius 3 is 1.17 bits per heavy atom. The number of halogens is 9. The molecule has 1 rings (SSSR count). The van der Waals surface area contributed by atoms with Crippen molar-refractivity contribution >= 4 is 148 Å². The maximum atomic E-state index is 12.2. The van der Waals surface area contributed by atoms with Gasteiger partial charge in [0.05, 0.1) is 0 Å². The summed E-state index contributed by atoms with van der Waals surface area (Å²) in [6, 6.07) is 5.67. The van der Waals surface area contributed by atoms with Gasteiger partial charge in [-0.2, -0.15) is 0 Å². The van der Waals surface area contributed by atoms with Gasteiger partial charge < -0.3 is 0 Å². The topological polar surface area (TPSA) is 78.9 Å². The molecule has 0 aromatic heterocycles. The number of hydrogen-bond donors (Lipinski definition) is 0. The van der Waals surface area contributed by atoms with E-state index in [0.29, 0.717) is 0 Å². The third-order valence-corrected chi connectivity index (χ3v) is 13.5. The molecule has 0 radical (unpaired) electrons. The number of carbonyl (C=O) groups is 3. The molecule has 1 aromatic carbocycles. The van der Waals surface area contributed by atoms with Gasteiger partial charge >= 0.3 is 219 Å². The molecular formula is C13H7Cl9O6Pb. The summed E-state index contributed by atoms with van der Waals surface area (Å²) in [6.07, 6.45) is 0. The average molecular weight is 785 g/mol. The van der Waals surface area contributed by atoms with E-state index in [0.717, 1.165) is 5.56 Å². The van der Waals surface area contributed by atoms with Gasteiger partial charge in [-0.3, -0.25) is 0 Å². The van der Waals surface area contributed by atoms with Crippen LogP contribution in [-0.2, 0) is 22.4 Å². The fraction of sp³-hybridized carbons (Fsp3) is 0.308. The van der Waals surface area contributed by atoms with Crippen molar-refractivity contribution in [3.63, 3.8) is 0 Å². The predicted molar refractivity (Wildman–Crippen MR) is 116 cm³/mol. The zero-order valence-electron chi connectivity index (χ0n) is 13.7. The Hall–Kier alpha value is 1.16. The summed E-state index contributed by atoms with van der Waals surface area (Å²) in [6.45, 7) is 1.72. The average Bonchev–Trinajstić information content (AvgIpc) is 2.52. The molecule has 1 aromatic rings. The molecule has 0 N–H and O–H groups in total. The minimum absolute atomic E-state index is 0.0732. The predicted octanol–water partition coefficient (Wildman–Crippen LogP) is 4.88. The van der Waals surface area contributed by atoms with Crippen LogP contribution in [0.2, 0.25) is 0 Å². The molecule has 0 heterocycles. The molecule has 0 unspecified atom stereocenters. The van der Waals surface area contributed by atoms with E-state index in [1.165, 1.54) is 24.3 Å². The molecule has 0 aliphatic carbocycles. The van der Waals surface area contributed by atoms with Gasteiger partial charge in [-0.05, 0) is 0 Å². The van der Waals surface area contributed by atoms with Crippen LogP contribution < -0.4 is 3.12 Å². The van der Waals surface area contributed by atoms with E-state index >= 15 is 0 Å². The monoisotopic (exact) mass is 782 g/mol. The second-order valence-electron chi connectivity index (χ2n) is 5.08. The number of hydrogen-bond acceptors (Lipinski definition) is 6. The number of alkyl halides is 9. The summed E-state index contributed by atoms with van der Waals surface area (Å²) < 4.78 is 7.32. The van der Waals surface area contributed by atoms with Gasteiger partial charge in [-0.1, -0.05) is 0 Å². The summed E-state index contributed by atoms with van der Waals surface area (Å²) in [5.74, 6) is -4.63. The van der Waals surface area contributed by atoms with E-state index in [1.807, 2.05) is 0 Å². The van der Waals surface area contributed by atoms with Crippen molar-refractivity contribution in [2.75, 3.05) is 0 Å². The van der Waals surface area contributed by atoms with E-state index in [-0.39, 0.29) is 3.12 Å². The third-order valence-electron chi connectivity index (χ3n) is 2.78. The van der Waals surface area contributed by atoms with Crippen LogP contribution in [0.4, 0.5) is 0 Å². The summed E-state index contributed by atoms with van der Waals surface area (Å²) in [7, 11) is 0. The molecule has 0 atom stereocenters. The molecule has 0 saturated heterocycles. The van der Waals surface area contributed by atoms with Crippen molar-refractivity contribution in [1.29, 1.82) is 0 Å². The zero-order valence-corrected chi connectivity index (χ0v) is 24.4. The zero-order chi connectivity index (χ0) is 22.8. The SMILES string of the molecule is Cc1cc[c]([Pb]([O]C(=O)C(Cl)(Cl)Cl)([O]C(=O)C(Cl)(Cl)Cl)[O]C(=O)C(Cl)(Cl)Cl)cc1. The summed E-state index contributed by atoms with van der Waals surface area (Å²) in [5.41, 5.74) is 0.740. The molecule has 0 amide bonds. The van der Waals surface area contributed by atoms with Gasteiger partial charge in [-0.25, -0.2) is 0 Å². The second kappa shape index (κ2) is 10.4. The van der Waals surface area contributed by atoms with Crippen LogP contribution in [0.3, 0.4) is 0 Å². The fourth-order valence-electron chi connectivity index (χ4n) is 1.54. The van der Waals surface area contributed by atoms with Crippen LogP contribution in [-0.4, -0.2) is 51.8 Å². The molecule has 0 fully saturated rings. The van der Waals surface area contributed by atoms with Crippen molar-refractivity contribution in [2.45, 2.75) is 18.3 Å². The first-order valence-electron chi connectivity index (χ1n) is 6.86. The first-order chi connectivity index (χ1) is 12.9. The summed E-state index contributed by atoms with van der Waals surface area (Å²) in [5, 5.41) is 0. The molecule has 0 bridgehead atoms. The van der Waals surface area contributed by atoms with Crippen molar-refractivity contribution in [3.05, 3.63) is 29.8 Å². The molecule has 0 spiro atoms. The van der Waals surface area contributed by atoms with Crippen LogP contribution in [0.15, 0.2) is 24.3 Å². The van der Waals surface area contributed by atoms with E-state index in [1.54, 1.807) is 6.92 Å². The number of rotatable bonds is 4. The Bertz CT molecular complexity index is 713. The number of aryl methyl sites for hydroxylation is 1. The Balaban J connectivity index is 3.64. The van der Waals surface area contributed by atoms with Crippen molar-refractivity contribution in [2.24, 2.45) is 0 Å². The number of benzene rings is 1. The van der Waals surface area contributed by atoms with Crippen LogP contribution in [0, 0.1) is 6.92 Å². The molecule has 0 saturated carbocycles. The molecule has 0 aliphatic rings. The standard InChI is InChI=1S/C7H7.3C2HCl3O2.Pb/c1-7-5-3-2-4-6-7;3*3-2(4,5)1(6)7;/h3-6H,1H3;3*(H,6,7);/q;;;;+3/p-3. The van der Waals surface area contributed by atoms with Gasteiger partial charge in [0.2, 0.25) is 0 Å². The molecular weight excluding hydrogens is 778 g/mol. The number of carbonyl (C=O) groups excluding carboxylic acids is 3. The van der Waals surface area contributed by atoms with E-state index in [4.69, 9.17) is 112 Å². The van der Waals surface area contributed by atoms with Crippen LogP contribution in [0.5, 0.6) is 0 Å². The Morgan fingerprint density at radius 1 is 0.655 bits per heavy atom. The normalized spacial score (nSPS) is 12.9. The minimum atomic E-state index is -6.18. The molecule has 16 heteroatoms. The van der Waals surface area contributed by atoms with Crippen molar-refractivity contribution in [1.82, 2.24) is 0 Å². The van der Waals surface area contributed by atoms with Crippen molar-refractivity contribution < 1.29 is 22.4 Å². The van der Waals surface area contributed by atoms with E-state index < -0.39 is 51.8 Å².